The van der Waals surface area contributed by atoms with E-state index in [1.165, 1.54) is 30.7 Å². The van der Waals surface area contributed by atoms with Crippen LogP contribution in [0.25, 0.3) is 0 Å². The lowest BCUT2D eigenvalue weighted by Crippen LogP contribution is -2.48. The minimum absolute atomic E-state index is 0.00631. The predicted molar refractivity (Wildman–Crippen MR) is 169 cm³/mol. The summed E-state index contributed by atoms with van der Waals surface area (Å²) in [6.07, 6.45) is 9.25. The minimum atomic E-state index is -3.94. The quantitative estimate of drug-likeness (QED) is 0.252. The average Bonchev–Trinajstić information content (AvgIpc) is 3.50. The summed E-state index contributed by atoms with van der Waals surface area (Å²) in [4.78, 5) is 42.5. The van der Waals surface area contributed by atoms with E-state index in [0.29, 0.717) is 30.9 Å². The van der Waals surface area contributed by atoms with Crippen molar-refractivity contribution in [2.45, 2.75) is 88.5 Å². The number of halogens is 2. The van der Waals surface area contributed by atoms with Crippen LogP contribution >= 0.6 is 0 Å². The standard InChI is InChI=1S/C36H45F2NO5S/c1-24(22-37)26-13-15-28(16-14-26)36(42)39-19-18-30(27-8-4-2-5-9-27)35(39)33(40)21-25-12-17-31(32(38)20-25)34(41)23-45(43,44)29-10-6-3-7-11-29/h3,6-7,10-12,17,20,24,26-28,30,35H,2,4-5,8-9,13-16,18-19,21-23H2,1H3/t24-,26?,28?,30+,35+/m1/s1. The lowest BCUT2D eigenvalue weighted by atomic mass is 9.74. The van der Waals surface area contributed by atoms with Gasteiger partial charge in [0.05, 0.1) is 23.2 Å². The van der Waals surface area contributed by atoms with Crippen LogP contribution in [0.3, 0.4) is 0 Å². The van der Waals surface area contributed by atoms with Crippen molar-refractivity contribution in [3.8, 4) is 0 Å². The molecule has 1 amide bonds. The summed E-state index contributed by atoms with van der Waals surface area (Å²) in [5.41, 5.74) is 0.0588. The van der Waals surface area contributed by atoms with Crippen LogP contribution in [-0.2, 0) is 25.8 Å². The van der Waals surface area contributed by atoms with Crippen LogP contribution in [0.1, 0.15) is 87.1 Å². The third-order valence-corrected chi connectivity index (χ3v) is 12.3. The largest absolute Gasteiger partial charge is 0.332 e. The number of rotatable bonds is 11. The van der Waals surface area contributed by atoms with Crippen LogP contribution in [0.5, 0.6) is 0 Å². The molecule has 2 aromatic rings. The van der Waals surface area contributed by atoms with Gasteiger partial charge in [-0.05, 0) is 85.6 Å². The lowest BCUT2D eigenvalue weighted by Gasteiger charge is -2.37. The second kappa shape index (κ2) is 14.7. The highest BCUT2D eigenvalue weighted by molar-refractivity contribution is 7.92. The third kappa shape index (κ3) is 7.72. The van der Waals surface area contributed by atoms with Gasteiger partial charge in [0.15, 0.2) is 21.4 Å². The van der Waals surface area contributed by atoms with Crippen molar-refractivity contribution in [1.29, 1.82) is 0 Å². The van der Waals surface area contributed by atoms with Crippen LogP contribution in [0.4, 0.5) is 8.78 Å². The molecule has 6 nitrogen and oxygen atoms in total. The predicted octanol–water partition coefficient (Wildman–Crippen LogP) is 6.80. The molecule has 5 rings (SSSR count). The highest BCUT2D eigenvalue weighted by atomic mass is 32.2. The molecular weight excluding hydrogens is 596 g/mol. The Hall–Kier alpha value is -2.94. The van der Waals surface area contributed by atoms with Gasteiger partial charge in [-0.2, -0.15) is 0 Å². The molecule has 3 fully saturated rings. The van der Waals surface area contributed by atoms with E-state index in [-0.39, 0.29) is 58.9 Å². The maximum Gasteiger partial charge on any atom is 0.226 e. The van der Waals surface area contributed by atoms with E-state index in [0.717, 1.165) is 51.0 Å². The van der Waals surface area contributed by atoms with Gasteiger partial charge in [-0.25, -0.2) is 12.8 Å². The highest BCUT2D eigenvalue weighted by Gasteiger charge is 2.46. The Balaban J connectivity index is 1.30. The average molecular weight is 642 g/mol. The number of alkyl halides is 1. The van der Waals surface area contributed by atoms with Gasteiger partial charge >= 0.3 is 0 Å². The number of sulfone groups is 1. The van der Waals surface area contributed by atoms with Gasteiger partial charge in [-0.15, -0.1) is 0 Å². The smallest absolute Gasteiger partial charge is 0.226 e. The summed E-state index contributed by atoms with van der Waals surface area (Å²) in [6.45, 7) is 2.11. The molecule has 0 aromatic heterocycles. The maximum absolute atomic E-state index is 15.2. The Labute approximate surface area is 265 Å². The summed E-state index contributed by atoms with van der Waals surface area (Å²) in [7, 11) is -3.94. The molecule has 3 atom stereocenters. The molecule has 1 heterocycles. The molecule has 244 valence electrons. The van der Waals surface area contributed by atoms with Crippen LogP contribution < -0.4 is 0 Å². The first kappa shape index (κ1) is 33.4. The molecule has 9 heteroatoms. The zero-order valence-electron chi connectivity index (χ0n) is 26.1. The number of likely N-dealkylation sites (tertiary alicyclic amines) is 1. The first-order chi connectivity index (χ1) is 21.6. The highest BCUT2D eigenvalue weighted by Crippen LogP contribution is 2.42. The number of benzene rings is 2. The Morgan fingerprint density at radius 2 is 1.60 bits per heavy atom. The normalized spacial score (nSPS) is 25.2. The van der Waals surface area contributed by atoms with Crippen molar-refractivity contribution in [3.05, 3.63) is 65.5 Å². The van der Waals surface area contributed by atoms with Gasteiger partial charge in [-0.3, -0.25) is 18.8 Å². The zero-order chi connectivity index (χ0) is 32.1. The number of amides is 1. The maximum atomic E-state index is 15.2. The van der Waals surface area contributed by atoms with Crippen molar-refractivity contribution < 1.29 is 31.6 Å². The summed E-state index contributed by atoms with van der Waals surface area (Å²) in [5, 5.41) is 0. The SMILES string of the molecule is C[C@H](CF)C1CCC(C(=O)N2CC[C@@H](C3CCCCC3)[C@H]2C(=O)Cc2ccc(C(=O)CS(=O)(=O)c3ccccc3)c(F)c2)CC1. The Bertz CT molecular complexity index is 1470. The number of ketones is 2. The van der Waals surface area contributed by atoms with Gasteiger partial charge in [0, 0.05) is 18.9 Å². The van der Waals surface area contributed by atoms with E-state index in [4.69, 9.17) is 0 Å². The molecule has 3 aliphatic rings. The van der Waals surface area contributed by atoms with Crippen molar-refractivity contribution in [3.63, 3.8) is 0 Å². The Morgan fingerprint density at radius 3 is 2.24 bits per heavy atom. The molecule has 1 aliphatic heterocycles. The molecule has 0 N–H and O–H groups in total. The number of hydrogen-bond acceptors (Lipinski definition) is 5. The van der Waals surface area contributed by atoms with Crippen molar-refractivity contribution in [1.82, 2.24) is 4.90 Å². The Kier molecular flexibility index (Phi) is 10.9. The monoisotopic (exact) mass is 641 g/mol. The fourth-order valence-electron chi connectivity index (χ4n) is 7.99. The molecule has 0 unspecified atom stereocenters. The number of Topliss-reactive ketones (excluding diaryl/α,β-unsaturated/α-hetero) is 2. The van der Waals surface area contributed by atoms with Gasteiger partial charge in [0.1, 0.15) is 11.6 Å². The van der Waals surface area contributed by atoms with E-state index in [1.54, 1.807) is 23.1 Å². The van der Waals surface area contributed by atoms with E-state index in [9.17, 15) is 27.2 Å². The molecular formula is C36H45F2NO5S. The topological polar surface area (TPSA) is 88.6 Å². The van der Waals surface area contributed by atoms with Gasteiger partial charge < -0.3 is 4.90 Å². The van der Waals surface area contributed by atoms with E-state index < -0.39 is 33.2 Å². The van der Waals surface area contributed by atoms with Gasteiger partial charge in [-0.1, -0.05) is 63.3 Å². The number of hydrogen-bond donors (Lipinski definition) is 0. The second-order valence-electron chi connectivity index (χ2n) is 13.5. The van der Waals surface area contributed by atoms with Crippen molar-refractivity contribution in [2.24, 2.45) is 29.6 Å². The van der Waals surface area contributed by atoms with Crippen molar-refractivity contribution >= 4 is 27.3 Å². The molecule has 0 spiro atoms. The number of nitrogens with zero attached hydrogens (tertiary/aromatic N) is 1. The first-order valence-corrected chi connectivity index (χ1v) is 18.2. The second-order valence-corrected chi connectivity index (χ2v) is 15.5. The van der Waals surface area contributed by atoms with Gasteiger partial charge in [0.2, 0.25) is 5.91 Å². The molecule has 2 saturated carbocycles. The third-order valence-electron chi connectivity index (χ3n) is 10.6. The van der Waals surface area contributed by atoms with Crippen LogP contribution in [0, 0.1) is 35.4 Å². The fraction of sp³-hybridized carbons (Fsp3) is 0.583. The molecule has 1 saturated heterocycles. The van der Waals surface area contributed by atoms with Gasteiger partial charge in [0.25, 0.3) is 0 Å². The number of carbonyl (C=O) groups is 3. The fourth-order valence-corrected chi connectivity index (χ4v) is 9.23. The van der Waals surface area contributed by atoms with Crippen molar-refractivity contribution in [2.75, 3.05) is 19.0 Å². The van der Waals surface area contributed by atoms with Crippen LogP contribution in [0.2, 0.25) is 0 Å². The number of carbonyl (C=O) groups excluding carboxylic acids is 3. The summed E-state index contributed by atoms with van der Waals surface area (Å²) >= 11 is 0. The summed E-state index contributed by atoms with van der Waals surface area (Å²) < 4.78 is 53.8. The Morgan fingerprint density at radius 1 is 0.911 bits per heavy atom. The summed E-state index contributed by atoms with van der Waals surface area (Å²) in [6, 6.07) is 10.9. The van der Waals surface area contributed by atoms with Crippen LogP contribution in [0.15, 0.2) is 53.4 Å². The first-order valence-electron chi connectivity index (χ1n) is 16.6. The molecule has 0 radical (unpaired) electrons. The minimum Gasteiger partial charge on any atom is -0.332 e. The molecule has 2 aliphatic carbocycles. The van der Waals surface area contributed by atoms with E-state index >= 15 is 4.39 Å². The molecule has 2 aromatic carbocycles. The zero-order valence-corrected chi connectivity index (χ0v) is 27.0. The van der Waals surface area contributed by atoms with E-state index in [1.807, 2.05) is 6.92 Å². The van der Waals surface area contributed by atoms with E-state index in [2.05, 4.69) is 0 Å². The molecule has 45 heavy (non-hydrogen) atoms. The lowest BCUT2D eigenvalue weighted by molar-refractivity contribution is -0.143. The van der Waals surface area contributed by atoms with Crippen LogP contribution in [-0.4, -0.2) is 55.8 Å². The summed E-state index contributed by atoms with van der Waals surface area (Å²) in [5.74, 6) is -2.13. The molecule has 0 bridgehead atoms.